The standard InChI is InChI=1S/C16H22N2O/c1-12-14(13-5-3-4-6-15(13)19-12)9-18-8-7-16(2,10-17)11-18/h3-6H,7-11,17H2,1-2H3. The molecule has 1 aliphatic rings. The molecule has 2 N–H and O–H groups in total. The second-order valence-corrected chi connectivity index (χ2v) is 6.11. The maximum Gasteiger partial charge on any atom is 0.134 e. The van der Waals surface area contributed by atoms with E-state index in [0.29, 0.717) is 0 Å². The predicted molar refractivity (Wildman–Crippen MR) is 78.0 cm³/mol. The highest BCUT2D eigenvalue weighted by Crippen LogP contribution is 2.32. The molecule has 0 amide bonds. The van der Waals surface area contributed by atoms with Gasteiger partial charge < -0.3 is 10.2 Å². The van der Waals surface area contributed by atoms with Gasteiger partial charge in [0.1, 0.15) is 11.3 Å². The molecular formula is C16H22N2O. The first-order valence-electron chi connectivity index (χ1n) is 7.01. The van der Waals surface area contributed by atoms with Crippen molar-refractivity contribution < 1.29 is 4.42 Å². The van der Waals surface area contributed by atoms with Crippen LogP contribution in [0.3, 0.4) is 0 Å². The van der Waals surface area contributed by atoms with Crippen LogP contribution in [0.4, 0.5) is 0 Å². The lowest BCUT2D eigenvalue weighted by Gasteiger charge is -2.22. The predicted octanol–water partition coefficient (Wildman–Crippen LogP) is 2.91. The first-order valence-corrected chi connectivity index (χ1v) is 7.01. The summed E-state index contributed by atoms with van der Waals surface area (Å²) in [6.45, 7) is 8.31. The zero-order chi connectivity index (χ0) is 13.5. The van der Waals surface area contributed by atoms with Crippen LogP contribution in [0.15, 0.2) is 28.7 Å². The molecule has 2 aromatic rings. The molecule has 3 rings (SSSR count). The number of likely N-dealkylation sites (tertiary alicyclic amines) is 1. The van der Waals surface area contributed by atoms with Crippen molar-refractivity contribution in [3.8, 4) is 0 Å². The fourth-order valence-electron chi connectivity index (χ4n) is 3.07. The molecule has 0 radical (unpaired) electrons. The third-order valence-electron chi connectivity index (χ3n) is 4.41. The van der Waals surface area contributed by atoms with Gasteiger partial charge in [0.05, 0.1) is 0 Å². The molecule has 1 aliphatic heterocycles. The number of para-hydroxylation sites is 1. The molecule has 1 fully saturated rings. The van der Waals surface area contributed by atoms with Gasteiger partial charge >= 0.3 is 0 Å². The number of nitrogens with two attached hydrogens (primary N) is 1. The lowest BCUT2D eigenvalue weighted by molar-refractivity contribution is 0.273. The Morgan fingerprint density at radius 2 is 2.16 bits per heavy atom. The summed E-state index contributed by atoms with van der Waals surface area (Å²) in [5, 5.41) is 1.25. The van der Waals surface area contributed by atoms with Gasteiger partial charge in [0.15, 0.2) is 0 Å². The quantitative estimate of drug-likeness (QED) is 0.920. The summed E-state index contributed by atoms with van der Waals surface area (Å²) >= 11 is 0. The number of benzene rings is 1. The van der Waals surface area contributed by atoms with Gasteiger partial charge in [-0.2, -0.15) is 0 Å². The fourth-order valence-corrected chi connectivity index (χ4v) is 3.07. The van der Waals surface area contributed by atoms with E-state index in [1.54, 1.807) is 0 Å². The van der Waals surface area contributed by atoms with Gasteiger partial charge in [-0.25, -0.2) is 0 Å². The van der Waals surface area contributed by atoms with Crippen LogP contribution in [0, 0.1) is 12.3 Å². The van der Waals surface area contributed by atoms with Crippen molar-refractivity contribution in [1.29, 1.82) is 0 Å². The van der Waals surface area contributed by atoms with Crippen LogP contribution in [0.1, 0.15) is 24.7 Å². The van der Waals surface area contributed by atoms with Crippen LogP contribution >= 0.6 is 0 Å². The molecule has 2 heterocycles. The topological polar surface area (TPSA) is 42.4 Å². The maximum atomic E-state index is 5.88. The minimum Gasteiger partial charge on any atom is -0.461 e. The second-order valence-electron chi connectivity index (χ2n) is 6.11. The molecule has 3 heteroatoms. The Kier molecular flexibility index (Phi) is 3.11. The van der Waals surface area contributed by atoms with Crippen LogP contribution < -0.4 is 5.73 Å². The van der Waals surface area contributed by atoms with Crippen LogP contribution in [-0.2, 0) is 6.54 Å². The van der Waals surface area contributed by atoms with Gasteiger partial charge in [-0.3, -0.25) is 4.90 Å². The first kappa shape index (κ1) is 12.7. The van der Waals surface area contributed by atoms with Crippen molar-refractivity contribution in [3.05, 3.63) is 35.6 Å². The summed E-state index contributed by atoms with van der Waals surface area (Å²) in [6.07, 6.45) is 1.19. The Bertz CT molecular complexity index is 589. The minimum atomic E-state index is 0.285. The fraction of sp³-hybridized carbons (Fsp3) is 0.500. The molecule has 1 aromatic heterocycles. The van der Waals surface area contributed by atoms with Gasteiger partial charge in [-0.15, -0.1) is 0 Å². The van der Waals surface area contributed by atoms with Gasteiger partial charge in [0, 0.05) is 24.0 Å². The molecule has 0 saturated carbocycles. The van der Waals surface area contributed by atoms with E-state index in [4.69, 9.17) is 10.2 Å². The summed E-state index contributed by atoms with van der Waals surface area (Å²) in [5.41, 5.74) is 8.49. The number of rotatable bonds is 3. The van der Waals surface area contributed by atoms with E-state index < -0.39 is 0 Å². The Labute approximate surface area is 114 Å². The molecule has 1 unspecified atom stereocenters. The third kappa shape index (κ3) is 2.28. The molecule has 1 saturated heterocycles. The molecule has 3 nitrogen and oxygen atoms in total. The van der Waals surface area contributed by atoms with E-state index in [1.807, 2.05) is 12.1 Å². The van der Waals surface area contributed by atoms with Crippen molar-refractivity contribution in [2.75, 3.05) is 19.6 Å². The smallest absolute Gasteiger partial charge is 0.134 e. The highest BCUT2D eigenvalue weighted by atomic mass is 16.3. The van der Waals surface area contributed by atoms with Crippen molar-refractivity contribution in [3.63, 3.8) is 0 Å². The lowest BCUT2D eigenvalue weighted by atomic mass is 9.90. The zero-order valence-electron chi connectivity index (χ0n) is 11.8. The van der Waals surface area contributed by atoms with E-state index in [0.717, 1.165) is 37.5 Å². The number of hydrogen-bond donors (Lipinski definition) is 1. The molecule has 102 valence electrons. The minimum absolute atomic E-state index is 0.285. The molecule has 1 aromatic carbocycles. The van der Waals surface area contributed by atoms with E-state index in [-0.39, 0.29) is 5.41 Å². The Morgan fingerprint density at radius 3 is 2.89 bits per heavy atom. The summed E-state index contributed by atoms with van der Waals surface area (Å²) in [7, 11) is 0. The number of aryl methyl sites for hydroxylation is 1. The number of fused-ring (bicyclic) bond motifs is 1. The van der Waals surface area contributed by atoms with Crippen LogP contribution in [0.2, 0.25) is 0 Å². The van der Waals surface area contributed by atoms with Gasteiger partial charge in [0.25, 0.3) is 0 Å². The SMILES string of the molecule is Cc1oc2ccccc2c1CN1CCC(C)(CN)C1. The second kappa shape index (κ2) is 4.66. The van der Waals surface area contributed by atoms with Crippen LogP contribution in [-0.4, -0.2) is 24.5 Å². The molecular weight excluding hydrogens is 236 g/mol. The number of furan rings is 1. The van der Waals surface area contributed by atoms with Crippen molar-refractivity contribution >= 4 is 11.0 Å². The Morgan fingerprint density at radius 1 is 1.37 bits per heavy atom. The Balaban J connectivity index is 1.85. The van der Waals surface area contributed by atoms with E-state index >= 15 is 0 Å². The van der Waals surface area contributed by atoms with E-state index in [1.165, 1.54) is 17.4 Å². The number of hydrogen-bond acceptors (Lipinski definition) is 3. The average molecular weight is 258 g/mol. The van der Waals surface area contributed by atoms with Crippen molar-refractivity contribution in [2.24, 2.45) is 11.1 Å². The summed E-state index contributed by atoms with van der Waals surface area (Å²) in [4.78, 5) is 2.50. The van der Waals surface area contributed by atoms with Crippen molar-refractivity contribution in [1.82, 2.24) is 4.90 Å². The first-order chi connectivity index (χ1) is 9.11. The van der Waals surface area contributed by atoms with Crippen LogP contribution in [0.25, 0.3) is 11.0 Å². The highest BCUT2D eigenvalue weighted by Gasteiger charge is 2.32. The largest absolute Gasteiger partial charge is 0.461 e. The highest BCUT2D eigenvalue weighted by molar-refractivity contribution is 5.82. The zero-order valence-corrected chi connectivity index (χ0v) is 11.8. The van der Waals surface area contributed by atoms with Gasteiger partial charge in [-0.1, -0.05) is 25.1 Å². The van der Waals surface area contributed by atoms with E-state index in [9.17, 15) is 0 Å². The summed E-state index contributed by atoms with van der Waals surface area (Å²) < 4.78 is 5.84. The third-order valence-corrected chi connectivity index (χ3v) is 4.41. The number of nitrogens with zero attached hydrogens (tertiary/aromatic N) is 1. The average Bonchev–Trinajstić information content (AvgIpc) is 2.93. The van der Waals surface area contributed by atoms with Crippen LogP contribution in [0.5, 0.6) is 0 Å². The van der Waals surface area contributed by atoms with Gasteiger partial charge in [-0.05, 0) is 37.9 Å². The summed E-state index contributed by atoms with van der Waals surface area (Å²) in [6, 6.07) is 8.30. The maximum absolute atomic E-state index is 5.88. The van der Waals surface area contributed by atoms with E-state index in [2.05, 4.69) is 30.9 Å². The Hall–Kier alpha value is -1.32. The molecule has 1 atom stereocenters. The molecule has 0 spiro atoms. The molecule has 0 bridgehead atoms. The monoisotopic (exact) mass is 258 g/mol. The van der Waals surface area contributed by atoms with Crippen molar-refractivity contribution in [2.45, 2.75) is 26.8 Å². The molecule has 19 heavy (non-hydrogen) atoms. The lowest BCUT2D eigenvalue weighted by Crippen LogP contribution is -2.31. The summed E-state index contributed by atoms with van der Waals surface area (Å²) in [5.74, 6) is 1.04. The molecule has 0 aliphatic carbocycles. The normalized spacial score (nSPS) is 24.4. The van der Waals surface area contributed by atoms with Gasteiger partial charge in [0.2, 0.25) is 0 Å².